The third kappa shape index (κ3) is 3.46. The molecule has 0 saturated carbocycles. The minimum atomic E-state index is -0.490. The molecule has 0 aromatic carbocycles. The second-order valence-corrected chi connectivity index (χ2v) is 4.24. The Hall–Kier alpha value is -1.56. The molecule has 6 nitrogen and oxygen atoms in total. The molecule has 1 aliphatic rings. The van der Waals surface area contributed by atoms with Crippen LogP contribution in [0.15, 0.2) is 10.7 Å². The van der Waals surface area contributed by atoms with Gasteiger partial charge in [0, 0.05) is 12.5 Å². The quantitative estimate of drug-likeness (QED) is 0.797. The number of oxazole rings is 1. The minimum Gasteiger partial charge on any atom is -0.461 e. The summed E-state index contributed by atoms with van der Waals surface area (Å²) in [5.74, 6) is -0.0212. The second kappa shape index (κ2) is 6.39. The van der Waals surface area contributed by atoms with Crippen molar-refractivity contribution in [2.24, 2.45) is 5.92 Å². The first-order valence-corrected chi connectivity index (χ1v) is 6.25. The highest BCUT2D eigenvalue weighted by Gasteiger charge is 2.17. The third-order valence-electron chi connectivity index (χ3n) is 2.81. The zero-order chi connectivity index (χ0) is 12.8. The van der Waals surface area contributed by atoms with Gasteiger partial charge in [-0.3, -0.25) is 0 Å². The van der Waals surface area contributed by atoms with Gasteiger partial charge in [-0.05, 0) is 26.3 Å². The number of rotatable bonds is 5. The highest BCUT2D eigenvalue weighted by Crippen LogP contribution is 2.15. The summed E-state index contributed by atoms with van der Waals surface area (Å²) in [6, 6.07) is 0. The minimum absolute atomic E-state index is 0.128. The van der Waals surface area contributed by atoms with Gasteiger partial charge in [0.1, 0.15) is 6.26 Å². The van der Waals surface area contributed by atoms with Crippen LogP contribution in [0.3, 0.4) is 0 Å². The molecule has 0 aliphatic carbocycles. The predicted molar refractivity (Wildman–Crippen MR) is 63.5 cm³/mol. The maximum absolute atomic E-state index is 11.4. The van der Waals surface area contributed by atoms with Crippen LogP contribution in [0.25, 0.3) is 0 Å². The van der Waals surface area contributed by atoms with Crippen molar-refractivity contribution in [3.63, 3.8) is 0 Å². The van der Waals surface area contributed by atoms with E-state index >= 15 is 0 Å². The van der Waals surface area contributed by atoms with Crippen molar-refractivity contribution in [3.8, 4) is 6.08 Å². The first-order valence-electron chi connectivity index (χ1n) is 6.25. The van der Waals surface area contributed by atoms with Crippen LogP contribution in [-0.2, 0) is 4.74 Å². The maximum atomic E-state index is 11.4. The fraction of sp³-hybridized carbons (Fsp3) is 0.667. The normalized spacial score (nSPS) is 19.5. The lowest BCUT2D eigenvalue weighted by atomic mass is 10.0. The van der Waals surface area contributed by atoms with E-state index in [0.29, 0.717) is 19.1 Å². The molecule has 0 amide bonds. The fourth-order valence-corrected chi connectivity index (χ4v) is 1.88. The van der Waals surface area contributed by atoms with Crippen LogP contribution in [0, 0.1) is 5.92 Å². The zero-order valence-electron chi connectivity index (χ0n) is 10.5. The number of carbonyl (C=O) groups excluding carboxylic acids is 1. The van der Waals surface area contributed by atoms with Crippen LogP contribution >= 0.6 is 0 Å². The Kier molecular flexibility index (Phi) is 4.58. The number of nitrogens with zero attached hydrogens (tertiary/aromatic N) is 1. The molecule has 1 aliphatic heterocycles. The van der Waals surface area contributed by atoms with Crippen molar-refractivity contribution in [2.45, 2.75) is 19.8 Å². The largest absolute Gasteiger partial charge is 0.461 e. The number of hydrogen-bond acceptors (Lipinski definition) is 6. The number of ether oxygens (including phenoxy) is 2. The van der Waals surface area contributed by atoms with Crippen LogP contribution in [0.4, 0.5) is 0 Å². The first kappa shape index (κ1) is 12.9. The van der Waals surface area contributed by atoms with Gasteiger partial charge in [0.15, 0.2) is 5.69 Å². The Bertz CT molecular complexity index is 385. The lowest BCUT2D eigenvalue weighted by Crippen LogP contribution is -2.33. The average molecular weight is 254 g/mol. The maximum Gasteiger partial charge on any atom is 0.394 e. The first-order chi connectivity index (χ1) is 8.79. The van der Waals surface area contributed by atoms with E-state index in [-0.39, 0.29) is 11.8 Å². The van der Waals surface area contributed by atoms with Crippen molar-refractivity contribution >= 4 is 5.97 Å². The number of carbonyl (C=O) groups is 1. The topological polar surface area (TPSA) is 73.6 Å². The molecule has 0 spiro atoms. The molecule has 6 heteroatoms. The Labute approximate surface area is 106 Å². The van der Waals surface area contributed by atoms with Crippen molar-refractivity contribution in [2.75, 3.05) is 26.3 Å². The average Bonchev–Trinajstić information content (AvgIpc) is 2.87. The van der Waals surface area contributed by atoms with Gasteiger partial charge in [-0.15, -0.1) is 0 Å². The van der Waals surface area contributed by atoms with Crippen LogP contribution in [0.5, 0.6) is 6.08 Å². The van der Waals surface area contributed by atoms with E-state index in [1.807, 2.05) is 0 Å². The van der Waals surface area contributed by atoms with Crippen molar-refractivity contribution < 1.29 is 18.7 Å². The van der Waals surface area contributed by atoms with Crippen molar-refractivity contribution in [1.82, 2.24) is 10.3 Å². The highest BCUT2D eigenvalue weighted by molar-refractivity contribution is 5.86. The molecule has 1 aromatic heterocycles. The molecule has 0 radical (unpaired) electrons. The van der Waals surface area contributed by atoms with Crippen LogP contribution in [0.2, 0.25) is 0 Å². The van der Waals surface area contributed by atoms with E-state index in [4.69, 9.17) is 13.9 Å². The number of esters is 1. The van der Waals surface area contributed by atoms with Crippen molar-refractivity contribution in [3.05, 3.63) is 12.0 Å². The summed E-state index contributed by atoms with van der Waals surface area (Å²) < 4.78 is 15.3. The molecule has 1 saturated heterocycles. The van der Waals surface area contributed by atoms with Crippen LogP contribution in [0.1, 0.15) is 30.3 Å². The monoisotopic (exact) mass is 254 g/mol. The van der Waals surface area contributed by atoms with E-state index in [9.17, 15) is 4.79 Å². The summed E-state index contributed by atoms with van der Waals surface area (Å²) in [4.78, 5) is 15.3. The lowest BCUT2D eigenvalue weighted by molar-refractivity contribution is 0.0519. The molecule has 1 aromatic rings. The fourth-order valence-electron chi connectivity index (χ4n) is 1.88. The summed E-state index contributed by atoms with van der Waals surface area (Å²) in [7, 11) is 0. The Morgan fingerprint density at radius 2 is 2.56 bits per heavy atom. The van der Waals surface area contributed by atoms with Gasteiger partial charge in [0.2, 0.25) is 0 Å². The summed E-state index contributed by atoms with van der Waals surface area (Å²) >= 11 is 0. The summed E-state index contributed by atoms with van der Waals surface area (Å²) in [6.45, 7) is 4.63. The summed E-state index contributed by atoms with van der Waals surface area (Å²) in [5, 5.41) is 3.31. The molecule has 18 heavy (non-hydrogen) atoms. The SMILES string of the molecule is CCOC(=O)c1coc(OCC2CCCNC2)n1. The standard InChI is InChI=1S/C12H18N2O4/c1-2-16-11(15)10-8-18-12(14-10)17-7-9-4-3-5-13-6-9/h8-9,13H,2-7H2,1H3. The van der Waals surface area contributed by atoms with Gasteiger partial charge in [0.05, 0.1) is 13.2 Å². The molecular formula is C12H18N2O4. The number of aromatic nitrogens is 1. The molecule has 1 atom stereocenters. The van der Waals surface area contributed by atoms with E-state index < -0.39 is 5.97 Å². The van der Waals surface area contributed by atoms with Crippen molar-refractivity contribution in [1.29, 1.82) is 0 Å². The number of hydrogen-bond donors (Lipinski definition) is 1. The second-order valence-electron chi connectivity index (χ2n) is 4.24. The zero-order valence-corrected chi connectivity index (χ0v) is 10.5. The molecular weight excluding hydrogens is 236 g/mol. The Morgan fingerprint density at radius 3 is 3.28 bits per heavy atom. The lowest BCUT2D eigenvalue weighted by Gasteiger charge is -2.21. The molecule has 1 unspecified atom stereocenters. The van der Waals surface area contributed by atoms with E-state index in [1.165, 1.54) is 6.26 Å². The molecule has 2 heterocycles. The summed E-state index contributed by atoms with van der Waals surface area (Å²) in [5.41, 5.74) is 0.147. The van der Waals surface area contributed by atoms with E-state index in [0.717, 1.165) is 25.9 Å². The Balaban J connectivity index is 1.80. The van der Waals surface area contributed by atoms with Gasteiger partial charge in [-0.1, -0.05) is 0 Å². The molecule has 100 valence electrons. The predicted octanol–water partition coefficient (Wildman–Crippen LogP) is 1.23. The molecule has 2 rings (SSSR count). The van der Waals surface area contributed by atoms with Gasteiger partial charge in [-0.2, -0.15) is 4.98 Å². The Morgan fingerprint density at radius 1 is 1.67 bits per heavy atom. The molecule has 1 N–H and O–H groups in total. The van der Waals surface area contributed by atoms with Gasteiger partial charge >= 0.3 is 12.0 Å². The highest BCUT2D eigenvalue weighted by atomic mass is 16.6. The molecule has 1 fully saturated rings. The van der Waals surface area contributed by atoms with E-state index in [2.05, 4.69) is 10.3 Å². The molecule has 0 bridgehead atoms. The van der Waals surface area contributed by atoms with E-state index in [1.54, 1.807) is 6.92 Å². The van der Waals surface area contributed by atoms with Crippen LogP contribution in [-0.4, -0.2) is 37.3 Å². The van der Waals surface area contributed by atoms with Crippen LogP contribution < -0.4 is 10.1 Å². The summed E-state index contributed by atoms with van der Waals surface area (Å²) in [6.07, 6.45) is 3.68. The number of nitrogens with one attached hydrogen (secondary N) is 1. The van der Waals surface area contributed by atoms with Gasteiger partial charge in [0.25, 0.3) is 0 Å². The third-order valence-corrected chi connectivity index (χ3v) is 2.81. The smallest absolute Gasteiger partial charge is 0.394 e. The van der Waals surface area contributed by atoms with Gasteiger partial charge in [-0.25, -0.2) is 4.79 Å². The number of piperidine rings is 1. The van der Waals surface area contributed by atoms with Gasteiger partial charge < -0.3 is 19.2 Å².